The maximum Gasteiger partial charge on any atom is 0.231 e. The van der Waals surface area contributed by atoms with Gasteiger partial charge in [-0.3, -0.25) is 9.80 Å². The highest BCUT2D eigenvalue weighted by atomic mass is 35.5. The molecule has 8 heteroatoms. The van der Waals surface area contributed by atoms with Gasteiger partial charge in [0.15, 0.2) is 11.5 Å². The summed E-state index contributed by atoms with van der Waals surface area (Å²) in [6, 6.07) is 16.4. The summed E-state index contributed by atoms with van der Waals surface area (Å²) in [5, 5.41) is 10.3. The predicted molar refractivity (Wildman–Crippen MR) is 121 cm³/mol. The number of piperazine rings is 1. The molecule has 0 aromatic heterocycles. The number of hydrogen-bond donors (Lipinski definition) is 1. The van der Waals surface area contributed by atoms with Crippen LogP contribution in [0, 0.1) is 0 Å². The monoisotopic (exact) mass is 456 g/mol. The number of β-amino-alcohol motifs (C(OH)–C–C–N with tert-alkyl or cyclic N) is 1. The van der Waals surface area contributed by atoms with Gasteiger partial charge in [-0.2, -0.15) is 0 Å². The molecule has 2 aliphatic heterocycles. The molecule has 1 unspecified atom stereocenters. The van der Waals surface area contributed by atoms with Gasteiger partial charge in [0.1, 0.15) is 0 Å². The maximum atomic E-state index is 10.3. The zero-order valence-corrected chi connectivity index (χ0v) is 18.6. The minimum Gasteiger partial charge on any atom is -0.454 e. The number of benzene rings is 2. The molecule has 0 saturated carbocycles. The number of halogens is 2. The lowest BCUT2D eigenvalue weighted by Gasteiger charge is -2.35. The standard InChI is InChI=1S/C22H28N2O4.2ClH/c25-20(16-26-15-19-6-7-21-22(12-19)28-17-27-21)14-24-10-8-23(9-11-24)13-18-4-2-1-3-5-18;;/h1-7,12,20,25H,8-11,13-17H2;2*1H. The van der Waals surface area contributed by atoms with E-state index in [1.165, 1.54) is 5.56 Å². The molecule has 2 aromatic carbocycles. The molecule has 0 spiro atoms. The Balaban J connectivity index is 0.00000160. The number of aliphatic hydroxyl groups excluding tert-OH is 1. The summed E-state index contributed by atoms with van der Waals surface area (Å²) in [6.07, 6.45) is -0.477. The molecule has 1 saturated heterocycles. The highest BCUT2D eigenvalue weighted by Crippen LogP contribution is 2.32. The second-order valence-corrected chi connectivity index (χ2v) is 7.42. The summed E-state index contributed by atoms with van der Waals surface area (Å²) < 4.78 is 16.4. The zero-order valence-electron chi connectivity index (χ0n) is 16.9. The van der Waals surface area contributed by atoms with E-state index in [-0.39, 0.29) is 31.6 Å². The average Bonchev–Trinajstić information content (AvgIpc) is 3.18. The van der Waals surface area contributed by atoms with Crippen molar-refractivity contribution in [2.75, 3.05) is 46.1 Å². The molecule has 4 rings (SSSR count). The van der Waals surface area contributed by atoms with Gasteiger partial charge in [0.25, 0.3) is 0 Å². The number of fused-ring (bicyclic) bond motifs is 1. The Morgan fingerprint density at radius 2 is 1.57 bits per heavy atom. The molecule has 1 fully saturated rings. The number of ether oxygens (including phenoxy) is 3. The number of rotatable bonds is 8. The van der Waals surface area contributed by atoms with Crippen LogP contribution < -0.4 is 9.47 Å². The van der Waals surface area contributed by atoms with Crippen molar-refractivity contribution in [2.24, 2.45) is 0 Å². The van der Waals surface area contributed by atoms with Crippen molar-refractivity contribution in [1.29, 1.82) is 0 Å². The van der Waals surface area contributed by atoms with E-state index in [1.54, 1.807) is 0 Å². The molecule has 0 radical (unpaired) electrons. The van der Waals surface area contributed by atoms with Gasteiger partial charge in [0, 0.05) is 39.3 Å². The topological polar surface area (TPSA) is 54.4 Å². The molecule has 2 heterocycles. The quantitative estimate of drug-likeness (QED) is 0.658. The van der Waals surface area contributed by atoms with E-state index in [9.17, 15) is 5.11 Å². The van der Waals surface area contributed by atoms with Crippen LogP contribution in [0.15, 0.2) is 48.5 Å². The van der Waals surface area contributed by atoms with Crippen molar-refractivity contribution < 1.29 is 19.3 Å². The minimum absolute atomic E-state index is 0. The third kappa shape index (κ3) is 7.01. The number of aliphatic hydroxyl groups is 1. The number of nitrogens with zero attached hydrogens (tertiary/aromatic N) is 2. The Morgan fingerprint density at radius 3 is 2.33 bits per heavy atom. The lowest BCUT2D eigenvalue weighted by molar-refractivity contribution is 0.000854. The fourth-order valence-corrected chi connectivity index (χ4v) is 3.67. The summed E-state index contributed by atoms with van der Waals surface area (Å²) >= 11 is 0. The largest absolute Gasteiger partial charge is 0.454 e. The van der Waals surface area contributed by atoms with Crippen LogP contribution in [0.2, 0.25) is 0 Å². The molecule has 0 aliphatic carbocycles. The van der Waals surface area contributed by atoms with Crippen molar-refractivity contribution >= 4 is 24.8 Å². The zero-order chi connectivity index (χ0) is 19.2. The molecule has 6 nitrogen and oxygen atoms in total. The highest BCUT2D eigenvalue weighted by molar-refractivity contribution is 5.85. The van der Waals surface area contributed by atoms with Crippen LogP contribution in [0.4, 0.5) is 0 Å². The fraction of sp³-hybridized carbons (Fsp3) is 0.455. The van der Waals surface area contributed by atoms with Crippen molar-refractivity contribution in [3.8, 4) is 11.5 Å². The summed E-state index contributed by atoms with van der Waals surface area (Å²) in [5.41, 5.74) is 2.37. The molecular weight excluding hydrogens is 427 g/mol. The predicted octanol–water partition coefficient (Wildman–Crippen LogP) is 2.95. The lowest BCUT2D eigenvalue weighted by Crippen LogP contribution is -2.48. The molecule has 1 N–H and O–H groups in total. The molecule has 2 aliphatic rings. The van der Waals surface area contributed by atoms with Gasteiger partial charge in [0.2, 0.25) is 6.79 Å². The van der Waals surface area contributed by atoms with Crippen molar-refractivity contribution in [3.05, 3.63) is 59.7 Å². The Kier molecular flexibility index (Phi) is 10.2. The second kappa shape index (κ2) is 12.3. The van der Waals surface area contributed by atoms with Crippen molar-refractivity contribution in [1.82, 2.24) is 9.80 Å². The van der Waals surface area contributed by atoms with Crippen molar-refractivity contribution in [3.63, 3.8) is 0 Å². The van der Waals surface area contributed by atoms with Gasteiger partial charge in [-0.15, -0.1) is 24.8 Å². The average molecular weight is 457 g/mol. The first kappa shape index (κ1) is 24.7. The first-order chi connectivity index (χ1) is 13.8. The van der Waals surface area contributed by atoms with E-state index in [0.717, 1.165) is 49.8 Å². The Morgan fingerprint density at radius 1 is 0.867 bits per heavy atom. The van der Waals surface area contributed by atoms with Crippen LogP contribution in [-0.2, 0) is 17.9 Å². The third-order valence-corrected chi connectivity index (χ3v) is 5.20. The van der Waals surface area contributed by atoms with Gasteiger partial charge in [-0.05, 0) is 23.3 Å². The molecule has 1 atom stereocenters. The van der Waals surface area contributed by atoms with E-state index in [2.05, 4.69) is 40.1 Å². The van der Waals surface area contributed by atoms with Crippen LogP contribution in [0.25, 0.3) is 0 Å². The lowest BCUT2D eigenvalue weighted by atomic mass is 10.2. The van der Waals surface area contributed by atoms with Crippen LogP contribution in [0.1, 0.15) is 11.1 Å². The van der Waals surface area contributed by atoms with Gasteiger partial charge >= 0.3 is 0 Å². The number of hydrogen-bond acceptors (Lipinski definition) is 6. The van der Waals surface area contributed by atoms with E-state index in [0.29, 0.717) is 19.8 Å². The van der Waals surface area contributed by atoms with Crippen LogP contribution >= 0.6 is 24.8 Å². The molecule has 0 amide bonds. The Labute approximate surface area is 190 Å². The van der Waals surface area contributed by atoms with E-state index in [1.807, 2.05) is 18.2 Å². The fourth-order valence-electron chi connectivity index (χ4n) is 3.67. The first-order valence-corrected chi connectivity index (χ1v) is 9.89. The normalized spacial score (nSPS) is 17.1. The Hall–Kier alpha value is -1.54. The van der Waals surface area contributed by atoms with Gasteiger partial charge in [-0.1, -0.05) is 36.4 Å². The van der Waals surface area contributed by atoms with Gasteiger partial charge in [-0.25, -0.2) is 0 Å². The second-order valence-electron chi connectivity index (χ2n) is 7.42. The highest BCUT2D eigenvalue weighted by Gasteiger charge is 2.19. The summed E-state index contributed by atoms with van der Waals surface area (Å²) in [6.45, 7) is 6.72. The molecule has 30 heavy (non-hydrogen) atoms. The molecule has 166 valence electrons. The Bertz CT molecular complexity index is 758. The van der Waals surface area contributed by atoms with Gasteiger partial charge in [0.05, 0.1) is 19.3 Å². The van der Waals surface area contributed by atoms with Crippen molar-refractivity contribution in [2.45, 2.75) is 19.3 Å². The minimum atomic E-state index is -0.477. The van der Waals surface area contributed by atoms with Gasteiger partial charge < -0.3 is 19.3 Å². The molecule has 0 bridgehead atoms. The van der Waals surface area contributed by atoms with E-state index in [4.69, 9.17) is 14.2 Å². The SMILES string of the molecule is Cl.Cl.OC(COCc1ccc2c(c1)OCO2)CN1CCN(Cc2ccccc2)CC1. The molecular formula is C22H30Cl2N2O4. The van der Waals surface area contributed by atoms with Crippen LogP contribution in [0.5, 0.6) is 11.5 Å². The first-order valence-electron chi connectivity index (χ1n) is 9.89. The van der Waals surface area contributed by atoms with E-state index < -0.39 is 6.10 Å². The summed E-state index contributed by atoms with van der Waals surface area (Å²) in [4.78, 5) is 4.78. The van der Waals surface area contributed by atoms with Crippen LogP contribution in [0.3, 0.4) is 0 Å². The van der Waals surface area contributed by atoms with Crippen LogP contribution in [-0.4, -0.2) is 67.1 Å². The summed E-state index contributed by atoms with van der Waals surface area (Å²) in [7, 11) is 0. The maximum absolute atomic E-state index is 10.3. The smallest absolute Gasteiger partial charge is 0.231 e. The van der Waals surface area contributed by atoms with E-state index >= 15 is 0 Å². The summed E-state index contributed by atoms with van der Waals surface area (Å²) in [5.74, 6) is 1.53. The molecule has 2 aromatic rings. The third-order valence-electron chi connectivity index (χ3n) is 5.20.